The van der Waals surface area contributed by atoms with Crippen molar-refractivity contribution in [2.75, 3.05) is 0 Å². The molecule has 1 aliphatic rings. The molecule has 0 fully saturated rings. The van der Waals surface area contributed by atoms with E-state index in [1.807, 2.05) is 6.08 Å². The zero-order valence-electron chi connectivity index (χ0n) is 8.87. The molecule has 0 saturated heterocycles. The summed E-state index contributed by atoms with van der Waals surface area (Å²) < 4.78 is 0.879. The maximum Gasteiger partial charge on any atom is 0.150 e. The lowest BCUT2D eigenvalue weighted by atomic mass is 10.1. The van der Waals surface area contributed by atoms with Crippen molar-refractivity contribution in [2.45, 2.75) is 20.3 Å². The van der Waals surface area contributed by atoms with Crippen LogP contribution in [0.15, 0.2) is 40.2 Å². The maximum atomic E-state index is 5.82. The minimum atomic E-state index is 0.455. The van der Waals surface area contributed by atoms with E-state index in [1.165, 1.54) is 0 Å². The third-order valence-electron chi connectivity index (χ3n) is 2.15. The quantitative estimate of drug-likeness (QED) is 0.711. The Bertz CT molecular complexity index is 344. The monoisotopic (exact) mass is 288 g/mol. The predicted molar refractivity (Wildman–Crippen MR) is 69.9 cm³/mol. The van der Waals surface area contributed by atoms with Crippen molar-refractivity contribution in [3.05, 3.63) is 35.1 Å². The Morgan fingerprint density at radius 3 is 3.00 bits per heavy atom. The van der Waals surface area contributed by atoms with Gasteiger partial charge in [0.05, 0.1) is 5.70 Å². The summed E-state index contributed by atoms with van der Waals surface area (Å²) in [5, 5.41) is 6.31. The molecule has 1 unspecified atom stereocenters. The van der Waals surface area contributed by atoms with Crippen molar-refractivity contribution < 1.29 is 0 Å². The summed E-state index contributed by atoms with van der Waals surface area (Å²) in [7, 11) is 0. The van der Waals surface area contributed by atoms with Crippen LogP contribution in [0, 0.1) is 5.92 Å². The molecule has 0 bridgehead atoms. The van der Waals surface area contributed by atoms with Gasteiger partial charge in [-0.2, -0.15) is 5.10 Å². The van der Waals surface area contributed by atoms with Gasteiger partial charge in [-0.3, -0.25) is 0 Å². The lowest BCUT2D eigenvalue weighted by Crippen LogP contribution is -2.16. The zero-order valence-corrected chi connectivity index (χ0v) is 11.2. The van der Waals surface area contributed by atoms with Crippen molar-refractivity contribution in [3.63, 3.8) is 0 Å². The molecule has 0 aromatic carbocycles. The number of rotatable bonds is 3. The Balaban J connectivity index is 2.84. The fourth-order valence-electron chi connectivity index (χ4n) is 1.04. The number of nitrogens with zero attached hydrogens (tertiary/aromatic N) is 2. The Hall–Kier alpha value is -0.540. The molecular weight excluding hydrogens is 275 g/mol. The molecule has 1 rings (SSSR count). The van der Waals surface area contributed by atoms with Crippen LogP contribution in [-0.2, 0) is 0 Å². The molecule has 0 spiro atoms. The van der Waals surface area contributed by atoms with Crippen LogP contribution in [0.2, 0.25) is 0 Å². The molecule has 0 saturated carbocycles. The summed E-state index contributed by atoms with van der Waals surface area (Å²) in [5.74, 6) is 0.493. The van der Waals surface area contributed by atoms with Gasteiger partial charge in [0.25, 0.3) is 0 Å². The first-order valence-corrected chi connectivity index (χ1v) is 6.00. The molecule has 15 heavy (non-hydrogen) atoms. The van der Waals surface area contributed by atoms with Crippen molar-refractivity contribution in [1.29, 1.82) is 0 Å². The van der Waals surface area contributed by atoms with E-state index in [9.17, 15) is 0 Å². The van der Waals surface area contributed by atoms with Gasteiger partial charge in [-0.1, -0.05) is 32.0 Å². The first kappa shape index (κ1) is 12.5. The van der Waals surface area contributed by atoms with Crippen LogP contribution in [0.25, 0.3) is 0 Å². The van der Waals surface area contributed by atoms with E-state index in [1.54, 1.807) is 11.1 Å². The fraction of sp³-hybridized carbons (Fsp3) is 0.364. The minimum Gasteiger partial charge on any atom is -0.226 e. The van der Waals surface area contributed by atoms with Gasteiger partial charge in [0.2, 0.25) is 0 Å². The van der Waals surface area contributed by atoms with Crippen LogP contribution in [0.3, 0.4) is 0 Å². The minimum absolute atomic E-state index is 0.455. The summed E-state index contributed by atoms with van der Waals surface area (Å²) in [4.78, 5) is 0. The highest BCUT2D eigenvalue weighted by Gasteiger charge is 2.13. The summed E-state index contributed by atoms with van der Waals surface area (Å²) in [6.07, 6.45) is 6.74. The van der Waals surface area contributed by atoms with E-state index in [-0.39, 0.29) is 0 Å². The van der Waals surface area contributed by atoms with E-state index in [4.69, 9.17) is 11.6 Å². The topological polar surface area (TPSA) is 15.6 Å². The van der Waals surface area contributed by atoms with Crippen LogP contribution in [-0.4, -0.2) is 10.2 Å². The molecular formula is C11H14BrClN2. The number of hydrazone groups is 1. The molecule has 1 heterocycles. The molecule has 0 aromatic rings. The van der Waals surface area contributed by atoms with E-state index < -0.39 is 0 Å². The standard InChI is InChI=1S/C11H14BrClN2/c1-4-8(2)7-10(12)15-9(3)5-6-11(13)14-15/h5-8H,3-4H2,1-2H3/b10-7-. The average molecular weight is 290 g/mol. The van der Waals surface area contributed by atoms with Gasteiger partial charge in [-0.05, 0) is 46.5 Å². The number of hydrogen-bond donors (Lipinski definition) is 0. The van der Waals surface area contributed by atoms with Gasteiger partial charge < -0.3 is 0 Å². The highest BCUT2D eigenvalue weighted by Crippen LogP contribution is 2.24. The number of hydrogen-bond acceptors (Lipinski definition) is 2. The smallest absolute Gasteiger partial charge is 0.150 e. The average Bonchev–Trinajstić information content (AvgIpc) is 2.21. The number of allylic oxidation sites excluding steroid dienone is 3. The predicted octanol–water partition coefficient (Wildman–Crippen LogP) is 4.21. The van der Waals surface area contributed by atoms with E-state index >= 15 is 0 Å². The van der Waals surface area contributed by atoms with Crippen molar-refractivity contribution >= 4 is 32.7 Å². The van der Waals surface area contributed by atoms with Crippen molar-refractivity contribution in [3.8, 4) is 0 Å². The van der Waals surface area contributed by atoms with Crippen LogP contribution in [0.4, 0.5) is 0 Å². The van der Waals surface area contributed by atoms with Crippen LogP contribution >= 0.6 is 27.5 Å². The lowest BCUT2D eigenvalue weighted by Gasteiger charge is -2.22. The third kappa shape index (κ3) is 3.50. The maximum absolute atomic E-state index is 5.82. The molecule has 0 amide bonds. The summed E-state index contributed by atoms with van der Waals surface area (Å²) in [5.41, 5.74) is 0.797. The Kier molecular flexibility index (Phi) is 4.61. The first-order chi connectivity index (χ1) is 7.04. The normalized spacial score (nSPS) is 19.2. The zero-order chi connectivity index (χ0) is 11.4. The molecule has 1 aliphatic heterocycles. The molecule has 0 radical (unpaired) electrons. The summed E-state index contributed by atoms with van der Waals surface area (Å²) in [6.45, 7) is 8.18. The Morgan fingerprint density at radius 2 is 2.40 bits per heavy atom. The van der Waals surface area contributed by atoms with E-state index in [0.29, 0.717) is 11.1 Å². The molecule has 82 valence electrons. The number of halogens is 2. The third-order valence-corrected chi connectivity index (χ3v) is 2.95. The van der Waals surface area contributed by atoms with Crippen LogP contribution < -0.4 is 0 Å². The van der Waals surface area contributed by atoms with Crippen LogP contribution in [0.5, 0.6) is 0 Å². The fourth-order valence-corrected chi connectivity index (χ4v) is 1.93. The Labute approximate surface area is 104 Å². The summed E-state index contributed by atoms with van der Waals surface area (Å²) in [6, 6.07) is 0. The molecule has 0 aliphatic carbocycles. The largest absolute Gasteiger partial charge is 0.226 e. The molecule has 0 N–H and O–H groups in total. The lowest BCUT2D eigenvalue weighted by molar-refractivity contribution is 0.497. The molecule has 0 aromatic heterocycles. The highest BCUT2D eigenvalue weighted by molar-refractivity contribution is 9.11. The van der Waals surface area contributed by atoms with Crippen LogP contribution in [0.1, 0.15) is 20.3 Å². The van der Waals surface area contributed by atoms with Gasteiger partial charge in [0.15, 0.2) is 0 Å². The van der Waals surface area contributed by atoms with Gasteiger partial charge in [-0.15, -0.1) is 0 Å². The molecule has 1 atom stereocenters. The van der Waals surface area contributed by atoms with E-state index in [2.05, 4.69) is 47.5 Å². The second kappa shape index (κ2) is 5.52. The molecule has 4 heteroatoms. The van der Waals surface area contributed by atoms with E-state index in [0.717, 1.165) is 16.7 Å². The second-order valence-corrected chi connectivity index (χ2v) is 4.63. The van der Waals surface area contributed by atoms with Gasteiger partial charge in [0, 0.05) is 0 Å². The first-order valence-electron chi connectivity index (χ1n) is 4.83. The van der Waals surface area contributed by atoms with Gasteiger partial charge >= 0.3 is 0 Å². The van der Waals surface area contributed by atoms with Crippen molar-refractivity contribution in [1.82, 2.24) is 5.01 Å². The van der Waals surface area contributed by atoms with Gasteiger partial charge in [0.1, 0.15) is 9.78 Å². The van der Waals surface area contributed by atoms with Crippen molar-refractivity contribution in [2.24, 2.45) is 11.0 Å². The SMILES string of the molecule is C=C1C=CC(Cl)=NN1/C(Br)=C\C(C)CC. The second-order valence-electron chi connectivity index (χ2n) is 3.43. The highest BCUT2D eigenvalue weighted by atomic mass is 79.9. The molecule has 2 nitrogen and oxygen atoms in total. The summed E-state index contributed by atoms with van der Waals surface area (Å²) >= 11 is 9.30. The van der Waals surface area contributed by atoms with Gasteiger partial charge in [-0.25, -0.2) is 5.01 Å². The Morgan fingerprint density at radius 1 is 1.73 bits per heavy atom.